The van der Waals surface area contributed by atoms with Gasteiger partial charge >= 0.3 is 0 Å². The molecule has 1 aliphatic heterocycles. The van der Waals surface area contributed by atoms with E-state index in [-0.39, 0.29) is 17.6 Å². The lowest BCUT2D eigenvalue weighted by molar-refractivity contribution is 0.0910. The second kappa shape index (κ2) is 6.70. The summed E-state index contributed by atoms with van der Waals surface area (Å²) in [6.45, 7) is 5.30. The maximum atomic E-state index is 13.3. The molecule has 0 saturated carbocycles. The van der Waals surface area contributed by atoms with Crippen molar-refractivity contribution in [1.82, 2.24) is 10.2 Å². The molecule has 1 fully saturated rings. The number of hydrogen-bond donors (Lipinski definition) is 2. The molecule has 0 aliphatic carbocycles. The highest BCUT2D eigenvalue weighted by atomic mass is 19.1. The number of benzene rings is 1. The lowest BCUT2D eigenvalue weighted by Crippen LogP contribution is -2.44. The average molecular weight is 279 g/mol. The molecule has 1 aliphatic rings. The van der Waals surface area contributed by atoms with Crippen molar-refractivity contribution in [2.45, 2.75) is 32.2 Å². The third-order valence-electron chi connectivity index (χ3n) is 3.73. The quantitative estimate of drug-likeness (QED) is 0.829. The Labute approximate surface area is 119 Å². The van der Waals surface area contributed by atoms with Crippen LogP contribution in [0.15, 0.2) is 18.2 Å². The van der Waals surface area contributed by atoms with Crippen molar-refractivity contribution in [3.05, 3.63) is 29.6 Å². The Bertz CT molecular complexity index is 470. The molecule has 4 nitrogen and oxygen atoms in total. The SMILES string of the molecule is CCCN1CCC(NC(=O)c2ccc(N)c(F)c2)CC1. The zero-order chi connectivity index (χ0) is 14.5. The summed E-state index contributed by atoms with van der Waals surface area (Å²) in [5, 5.41) is 2.97. The first kappa shape index (κ1) is 14.8. The minimum Gasteiger partial charge on any atom is -0.396 e. The second-order valence-electron chi connectivity index (χ2n) is 5.33. The van der Waals surface area contributed by atoms with E-state index in [1.165, 1.54) is 12.1 Å². The summed E-state index contributed by atoms with van der Waals surface area (Å²) in [7, 11) is 0. The van der Waals surface area contributed by atoms with Crippen LogP contribution in [0.2, 0.25) is 0 Å². The van der Waals surface area contributed by atoms with E-state index in [0.29, 0.717) is 5.56 Å². The number of rotatable bonds is 4. The summed E-state index contributed by atoms with van der Waals surface area (Å²) >= 11 is 0. The zero-order valence-electron chi connectivity index (χ0n) is 11.9. The summed E-state index contributed by atoms with van der Waals surface area (Å²) in [6.07, 6.45) is 3.05. The number of nitrogens with zero attached hydrogens (tertiary/aromatic N) is 1. The van der Waals surface area contributed by atoms with Gasteiger partial charge in [-0.1, -0.05) is 6.92 Å². The highest BCUT2D eigenvalue weighted by Gasteiger charge is 2.20. The van der Waals surface area contributed by atoms with Gasteiger partial charge in [-0.25, -0.2) is 4.39 Å². The van der Waals surface area contributed by atoms with Gasteiger partial charge in [0.25, 0.3) is 5.91 Å². The monoisotopic (exact) mass is 279 g/mol. The van der Waals surface area contributed by atoms with E-state index < -0.39 is 5.82 Å². The van der Waals surface area contributed by atoms with Crippen molar-refractivity contribution in [2.24, 2.45) is 0 Å². The first-order chi connectivity index (χ1) is 9.60. The van der Waals surface area contributed by atoms with Crippen molar-refractivity contribution in [1.29, 1.82) is 0 Å². The number of amides is 1. The third-order valence-corrected chi connectivity index (χ3v) is 3.73. The molecule has 0 unspecified atom stereocenters. The molecule has 1 aromatic rings. The normalized spacial score (nSPS) is 17.1. The van der Waals surface area contributed by atoms with Gasteiger partial charge in [-0.15, -0.1) is 0 Å². The van der Waals surface area contributed by atoms with Crippen LogP contribution in [0, 0.1) is 5.82 Å². The number of likely N-dealkylation sites (tertiary alicyclic amines) is 1. The van der Waals surface area contributed by atoms with Crippen LogP contribution in [0.3, 0.4) is 0 Å². The number of carbonyl (C=O) groups is 1. The van der Waals surface area contributed by atoms with Crippen LogP contribution in [0.1, 0.15) is 36.5 Å². The van der Waals surface area contributed by atoms with Crippen LogP contribution in [-0.4, -0.2) is 36.5 Å². The van der Waals surface area contributed by atoms with Crippen LogP contribution in [-0.2, 0) is 0 Å². The molecule has 1 heterocycles. The van der Waals surface area contributed by atoms with Crippen LogP contribution >= 0.6 is 0 Å². The molecule has 3 N–H and O–H groups in total. The van der Waals surface area contributed by atoms with E-state index in [4.69, 9.17) is 5.73 Å². The van der Waals surface area contributed by atoms with E-state index in [1.807, 2.05) is 0 Å². The van der Waals surface area contributed by atoms with Gasteiger partial charge in [0.1, 0.15) is 5.82 Å². The number of nitrogens with two attached hydrogens (primary N) is 1. The fourth-order valence-corrected chi connectivity index (χ4v) is 2.55. The molecule has 0 spiro atoms. The third kappa shape index (κ3) is 3.70. The number of piperidine rings is 1. The average Bonchev–Trinajstić information content (AvgIpc) is 2.44. The highest BCUT2D eigenvalue weighted by Crippen LogP contribution is 2.14. The summed E-state index contributed by atoms with van der Waals surface area (Å²) in [6, 6.07) is 4.35. The number of nitrogen functional groups attached to an aromatic ring is 1. The summed E-state index contributed by atoms with van der Waals surface area (Å²) in [5.74, 6) is -0.770. The van der Waals surface area contributed by atoms with Gasteiger partial charge in [0.05, 0.1) is 5.69 Å². The molecular formula is C15H22FN3O. The Morgan fingerprint density at radius 3 is 2.75 bits per heavy atom. The lowest BCUT2D eigenvalue weighted by Gasteiger charge is -2.32. The number of nitrogens with one attached hydrogen (secondary N) is 1. The zero-order valence-corrected chi connectivity index (χ0v) is 11.9. The second-order valence-corrected chi connectivity index (χ2v) is 5.33. The van der Waals surface area contributed by atoms with Gasteiger partial charge in [-0.05, 0) is 44.0 Å². The van der Waals surface area contributed by atoms with E-state index in [1.54, 1.807) is 6.07 Å². The van der Waals surface area contributed by atoms with Crippen molar-refractivity contribution < 1.29 is 9.18 Å². The predicted octanol–water partition coefficient (Wildman–Crippen LogP) is 2.01. The fourth-order valence-electron chi connectivity index (χ4n) is 2.55. The predicted molar refractivity (Wildman–Crippen MR) is 78.0 cm³/mol. The molecule has 20 heavy (non-hydrogen) atoms. The number of halogens is 1. The number of anilines is 1. The molecular weight excluding hydrogens is 257 g/mol. The van der Waals surface area contributed by atoms with Crippen molar-refractivity contribution in [3.63, 3.8) is 0 Å². The van der Waals surface area contributed by atoms with E-state index in [0.717, 1.165) is 38.9 Å². The summed E-state index contributed by atoms with van der Waals surface area (Å²) in [5.41, 5.74) is 5.80. The summed E-state index contributed by atoms with van der Waals surface area (Å²) < 4.78 is 13.3. The fraction of sp³-hybridized carbons (Fsp3) is 0.533. The minimum absolute atomic E-state index is 0.0643. The smallest absolute Gasteiger partial charge is 0.251 e. The van der Waals surface area contributed by atoms with Crippen LogP contribution in [0.5, 0.6) is 0 Å². The van der Waals surface area contributed by atoms with Crippen molar-refractivity contribution >= 4 is 11.6 Å². The van der Waals surface area contributed by atoms with Gasteiger partial charge < -0.3 is 16.0 Å². The van der Waals surface area contributed by atoms with Crippen LogP contribution in [0.25, 0.3) is 0 Å². The number of hydrogen-bond acceptors (Lipinski definition) is 3. The van der Waals surface area contributed by atoms with Crippen molar-refractivity contribution in [3.8, 4) is 0 Å². The van der Waals surface area contributed by atoms with Crippen molar-refractivity contribution in [2.75, 3.05) is 25.4 Å². The number of carbonyl (C=O) groups excluding carboxylic acids is 1. The molecule has 1 amide bonds. The maximum absolute atomic E-state index is 13.3. The van der Waals surface area contributed by atoms with Crippen LogP contribution < -0.4 is 11.1 Å². The van der Waals surface area contributed by atoms with E-state index in [9.17, 15) is 9.18 Å². The topological polar surface area (TPSA) is 58.4 Å². The molecule has 1 saturated heterocycles. The Hall–Kier alpha value is -1.62. The Morgan fingerprint density at radius 2 is 2.15 bits per heavy atom. The van der Waals surface area contributed by atoms with E-state index >= 15 is 0 Å². The molecule has 0 radical (unpaired) electrons. The molecule has 0 aromatic heterocycles. The molecule has 110 valence electrons. The summed E-state index contributed by atoms with van der Waals surface area (Å²) in [4.78, 5) is 14.5. The largest absolute Gasteiger partial charge is 0.396 e. The molecule has 5 heteroatoms. The highest BCUT2D eigenvalue weighted by molar-refractivity contribution is 5.94. The minimum atomic E-state index is -0.546. The van der Waals surface area contributed by atoms with Gasteiger partial charge in [-0.2, -0.15) is 0 Å². The van der Waals surface area contributed by atoms with Gasteiger partial charge in [0.2, 0.25) is 0 Å². The van der Waals surface area contributed by atoms with Gasteiger partial charge in [-0.3, -0.25) is 4.79 Å². The van der Waals surface area contributed by atoms with Gasteiger partial charge in [0, 0.05) is 24.7 Å². The van der Waals surface area contributed by atoms with E-state index in [2.05, 4.69) is 17.1 Å². The first-order valence-electron chi connectivity index (χ1n) is 7.18. The first-order valence-corrected chi connectivity index (χ1v) is 7.18. The standard InChI is InChI=1S/C15H22FN3O/c1-2-7-19-8-5-12(6-9-19)18-15(20)11-3-4-14(17)13(16)10-11/h3-4,10,12H,2,5-9,17H2,1H3,(H,18,20). The van der Waals surface area contributed by atoms with Crippen LogP contribution in [0.4, 0.5) is 10.1 Å². The Morgan fingerprint density at radius 1 is 1.45 bits per heavy atom. The molecule has 2 rings (SSSR count). The Kier molecular flexibility index (Phi) is 4.95. The Balaban J connectivity index is 1.87. The molecule has 0 atom stereocenters. The maximum Gasteiger partial charge on any atom is 0.251 e. The lowest BCUT2D eigenvalue weighted by atomic mass is 10.0. The molecule has 1 aromatic carbocycles. The molecule has 0 bridgehead atoms. The van der Waals surface area contributed by atoms with Gasteiger partial charge in [0.15, 0.2) is 0 Å².